The first-order valence-corrected chi connectivity index (χ1v) is 7.04. The maximum absolute atomic E-state index is 5.73. The molecule has 3 heteroatoms. The lowest BCUT2D eigenvalue weighted by Crippen LogP contribution is -2.26. The maximum Gasteiger partial charge on any atom is 0.0519 e. The maximum atomic E-state index is 5.73. The van der Waals surface area contributed by atoms with E-state index in [9.17, 15) is 0 Å². The summed E-state index contributed by atoms with van der Waals surface area (Å²) in [4.78, 5) is 2.23. The van der Waals surface area contributed by atoms with Crippen LogP contribution in [0.3, 0.4) is 0 Å². The Morgan fingerprint density at radius 3 is 2.22 bits per heavy atom. The van der Waals surface area contributed by atoms with Crippen LogP contribution >= 0.6 is 0 Å². The molecule has 108 valence electrons. The number of hydrogen-bond acceptors (Lipinski definition) is 3. The van der Waals surface area contributed by atoms with Gasteiger partial charge in [-0.1, -0.05) is 12.2 Å². The van der Waals surface area contributed by atoms with Crippen molar-refractivity contribution in [3.05, 3.63) is 12.2 Å². The van der Waals surface area contributed by atoms with Gasteiger partial charge in [-0.25, -0.2) is 0 Å². The standard InChI is InChI=1S/C15H32N2O/c1-13(2)18-12-15(11-17(5)6)10-8-7-9-14(3)16-4/h7-8,13-16H,9-12H2,1-6H3/b8-7+. The fourth-order valence-electron chi connectivity index (χ4n) is 1.75. The highest BCUT2D eigenvalue weighted by Crippen LogP contribution is 2.08. The summed E-state index contributed by atoms with van der Waals surface area (Å²) in [5, 5.41) is 3.24. The summed E-state index contributed by atoms with van der Waals surface area (Å²) >= 11 is 0. The van der Waals surface area contributed by atoms with Crippen LogP contribution in [0.1, 0.15) is 33.6 Å². The Hall–Kier alpha value is -0.380. The van der Waals surface area contributed by atoms with E-state index in [1.165, 1.54) is 0 Å². The summed E-state index contributed by atoms with van der Waals surface area (Å²) in [7, 11) is 6.24. The van der Waals surface area contributed by atoms with Gasteiger partial charge >= 0.3 is 0 Å². The van der Waals surface area contributed by atoms with Crippen LogP contribution < -0.4 is 5.32 Å². The van der Waals surface area contributed by atoms with Gasteiger partial charge in [0.15, 0.2) is 0 Å². The van der Waals surface area contributed by atoms with Crippen molar-refractivity contribution in [3.8, 4) is 0 Å². The van der Waals surface area contributed by atoms with Crippen molar-refractivity contribution in [2.75, 3.05) is 34.3 Å². The van der Waals surface area contributed by atoms with Crippen molar-refractivity contribution >= 4 is 0 Å². The molecule has 0 aliphatic rings. The zero-order chi connectivity index (χ0) is 14.0. The summed E-state index contributed by atoms with van der Waals surface area (Å²) in [6, 6.07) is 0.556. The van der Waals surface area contributed by atoms with Crippen LogP contribution in [0.5, 0.6) is 0 Å². The van der Waals surface area contributed by atoms with Crippen molar-refractivity contribution in [2.45, 2.75) is 45.8 Å². The van der Waals surface area contributed by atoms with Gasteiger partial charge in [-0.3, -0.25) is 0 Å². The monoisotopic (exact) mass is 256 g/mol. The molecule has 3 nitrogen and oxygen atoms in total. The number of ether oxygens (including phenoxy) is 1. The second-order valence-electron chi connectivity index (χ2n) is 5.64. The average molecular weight is 256 g/mol. The van der Waals surface area contributed by atoms with E-state index in [1.54, 1.807) is 0 Å². The van der Waals surface area contributed by atoms with Crippen LogP contribution in [-0.2, 0) is 4.74 Å². The molecule has 1 N–H and O–H groups in total. The number of rotatable bonds is 10. The molecule has 0 rings (SSSR count). The first-order chi connectivity index (χ1) is 8.45. The molecule has 0 bridgehead atoms. The molecule has 0 aliphatic heterocycles. The highest BCUT2D eigenvalue weighted by Gasteiger charge is 2.09. The van der Waals surface area contributed by atoms with Gasteiger partial charge in [0.2, 0.25) is 0 Å². The normalized spacial score (nSPS) is 15.8. The van der Waals surface area contributed by atoms with Gasteiger partial charge in [0.1, 0.15) is 0 Å². The molecule has 0 heterocycles. The lowest BCUT2D eigenvalue weighted by Gasteiger charge is -2.21. The predicted molar refractivity (Wildman–Crippen MR) is 80.0 cm³/mol. The van der Waals surface area contributed by atoms with Crippen molar-refractivity contribution < 1.29 is 4.74 Å². The van der Waals surface area contributed by atoms with Gasteiger partial charge in [0, 0.05) is 12.6 Å². The molecule has 2 unspecified atom stereocenters. The Labute approximate surface area is 114 Å². The lowest BCUT2D eigenvalue weighted by molar-refractivity contribution is 0.0451. The number of nitrogens with zero attached hydrogens (tertiary/aromatic N) is 1. The third-order valence-electron chi connectivity index (χ3n) is 2.91. The Morgan fingerprint density at radius 1 is 1.11 bits per heavy atom. The highest BCUT2D eigenvalue weighted by molar-refractivity contribution is 4.87. The van der Waals surface area contributed by atoms with Crippen molar-refractivity contribution in [1.82, 2.24) is 10.2 Å². The Bertz CT molecular complexity index is 215. The van der Waals surface area contributed by atoms with Gasteiger partial charge in [0.25, 0.3) is 0 Å². The molecule has 18 heavy (non-hydrogen) atoms. The zero-order valence-electron chi connectivity index (χ0n) is 13.1. The molecular weight excluding hydrogens is 224 g/mol. The third-order valence-corrected chi connectivity index (χ3v) is 2.91. The first kappa shape index (κ1) is 17.6. The Morgan fingerprint density at radius 2 is 1.72 bits per heavy atom. The molecule has 0 spiro atoms. The van der Waals surface area contributed by atoms with Crippen LogP contribution in [0.25, 0.3) is 0 Å². The first-order valence-electron chi connectivity index (χ1n) is 7.04. The molecule has 0 aromatic carbocycles. The summed E-state index contributed by atoms with van der Waals surface area (Å²) in [6.45, 7) is 8.32. The smallest absolute Gasteiger partial charge is 0.0519 e. The molecule has 0 saturated heterocycles. The SMILES string of the molecule is CNC(C)C/C=C/CC(COC(C)C)CN(C)C. The largest absolute Gasteiger partial charge is 0.378 e. The van der Waals surface area contributed by atoms with Gasteiger partial charge in [-0.2, -0.15) is 0 Å². The van der Waals surface area contributed by atoms with Crippen LogP contribution in [0.2, 0.25) is 0 Å². The Kier molecular flexibility index (Phi) is 10.3. The van der Waals surface area contributed by atoms with E-state index in [0.717, 1.165) is 26.0 Å². The minimum atomic E-state index is 0.322. The van der Waals surface area contributed by atoms with Gasteiger partial charge in [-0.15, -0.1) is 0 Å². The summed E-state index contributed by atoms with van der Waals surface area (Å²) in [5.41, 5.74) is 0. The summed E-state index contributed by atoms with van der Waals surface area (Å²) in [5.74, 6) is 0.587. The second-order valence-corrected chi connectivity index (χ2v) is 5.64. The molecule has 0 aromatic rings. The molecule has 0 radical (unpaired) electrons. The average Bonchev–Trinajstić information content (AvgIpc) is 2.30. The van der Waals surface area contributed by atoms with E-state index in [1.807, 2.05) is 7.05 Å². The third kappa shape index (κ3) is 10.8. The fraction of sp³-hybridized carbons (Fsp3) is 0.867. The molecular formula is C15H32N2O. The minimum absolute atomic E-state index is 0.322. The second kappa shape index (κ2) is 10.5. The Balaban J connectivity index is 3.99. The van der Waals surface area contributed by atoms with E-state index in [-0.39, 0.29) is 0 Å². The molecule has 0 aliphatic carbocycles. The van der Waals surface area contributed by atoms with Gasteiger partial charge in [-0.05, 0) is 60.7 Å². The lowest BCUT2D eigenvalue weighted by atomic mass is 10.1. The van der Waals surface area contributed by atoms with E-state index >= 15 is 0 Å². The van der Waals surface area contributed by atoms with E-state index in [4.69, 9.17) is 4.74 Å². The number of nitrogens with one attached hydrogen (secondary N) is 1. The predicted octanol–water partition coefficient (Wildman–Crippen LogP) is 2.53. The van der Waals surface area contributed by atoms with Crippen LogP contribution in [0.4, 0.5) is 0 Å². The van der Waals surface area contributed by atoms with Gasteiger partial charge in [0.05, 0.1) is 12.7 Å². The quantitative estimate of drug-likeness (QED) is 0.608. The van der Waals surface area contributed by atoms with Crippen molar-refractivity contribution in [3.63, 3.8) is 0 Å². The molecule has 0 aromatic heterocycles. The molecule has 2 atom stereocenters. The number of hydrogen-bond donors (Lipinski definition) is 1. The van der Waals surface area contributed by atoms with Crippen LogP contribution in [0.15, 0.2) is 12.2 Å². The highest BCUT2D eigenvalue weighted by atomic mass is 16.5. The molecule has 0 saturated carbocycles. The van der Waals surface area contributed by atoms with Crippen molar-refractivity contribution in [1.29, 1.82) is 0 Å². The molecule has 0 fully saturated rings. The van der Waals surface area contributed by atoms with Crippen LogP contribution in [-0.4, -0.2) is 51.3 Å². The van der Waals surface area contributed by atoms with E-state index in [2.05, 4.69) is 57.2 Å². The molecule has 0 amide bonds. The van der Waals surface area contributed by atoms with Crippen molar-refractivity contribution in [2.24, 2.45) is 5.92 Å². The van der Waals surface area contributed by atoms with E-state index < -0.39 is 0 Å². The van der Waals surface area contributed by atoms with Gasteiger partial charge < -0.3 is 15.0 Å². The minimum Gasteiger partial charge on any atom is -0.378 e. The van der Waals surface area contributed by atoms with Crippen LogP contribution in [0, 0.1) is 5.92 Å². The zero-order valence-corrected chi connectivity index (χ0v) is 13.1. The number of allylic oxidation sites excluding steroid dienone is 1. The topological polar surface area (TPSA) is 24.5 Å². The summed E-state index contributed by atoms with van der Waals surface area (Å²) in [6.07, 6.45) is 7.09. The van der Waals surface area contributed by atoms with E-state index in [0.29, 0.717) is 18.1 Å². The summed E-state index contributed by atoms with van der Waals surface area (Å²) < 4.78 is 5.73. The fourth-order valence-corrected chi connectivity index (χ4v) is 1.75.